The molecule has 2 rings (SSSR count). The lowest BCUT2D eigenvalue weighted by atomic mass is 9.80. The molecule has 0 unspecified atom stereocenters. The van der Waals surface area contributed by atoms with Crippen molar-refractivity contribution in [3.63, 3.8) is 0 Å². The monoisotopic (exact) mass is 280 g/mol. The van der Waals surface area contributed by atoms with Crippen LogP contribution in [0.5, 0.6) is 0 Å². The number of aromatic nitrogens is 1. The van der Waals surface area contributed by atoms with Crippen LogP contribution in [0.4, 0.5) is 8.78 Å². The molecule has 0 saturated carbocycles. The minimum absolute atomic E-state index is 0.0299. The predicted molar refractivity (Wildman–Crippen MR) is 69.6 cm³/mol. The summed E-state index contributed by atoms with van der Waals surface area (Å²) in [5.74, 6) is 0. The molecule has 0 bridgehead atoms. The average molecular weight is 280 g/mol. The SMILES string of the molecule is CC1(C)OB(c2nc(C#N)ccc2C(F)F)OC1(C)C. The lowest BCUT2D eigenvalue weighted by Crippen LogP contribution is -2.41. The van der Waals surface area contributed by atoms with Crippen molar-refractivity contribution in [1.29, 1.82) is 5.26 Å². The summed E-state index contributed by atoms with van der Waals surface area (Å²) in [6.45, 7) is 7.29. The molecule has 0 radical (unpaired) electrons. The highest BCUT2D eigenvalue weighted by atomic mass is 19.3. The van der Waals surface area contributed by atoms with E-state index in [1.165, 1.54) is 12.1 Å². The molecule has 0 atom stereocenters. The summed E-state index contributed by atoms with van der Waals surface area (Å²) < 4.78 is 37.6. The molecule has 1 aliphatic rings. The fraction of sp³-hybridized carbons (Fsp3) is 0.538. The van der Waals surface area contributed by atoms with Gasteiger partial charge in [-0.25, -0.2) is 13.8 Å². The number of alkyl halides is 2. The van der Waals surface area contributed by atoms with Gasteiger partial charge in [-0.1, -0.05) is 0 Å². The number of nitrogens with zero attached hydrogens (tertiary/aromatic N) is 2. The van der Waals surface area contributed by atoms with Crippen LogP contribution in [0.25, 0.3) is 0 Å². The topological polar surface area (TPSA) is 55.1 Å². The maximum absolute atomic E-state index is 13.1. The molecule has 0 amide bonds. The van der Waals surface area contributed by atoms with Gasteiger partial charge in [-0.15, -0.1) is 0 Å². The minimum Gasteiger partial charge on any atom is -0.398 e. The van der Waals surface area contributed by atoms with Gasteiger partial charge in [0.25, 0.3) is 6.43 Å². The van der Waals surface area contributed by atoms with Crippen LogP contribution < -0.4 is 5.59 Å². The van der Waals surface area contributed by atoms with Crippen molar-refractivity contribution >= 4 is 12.7 Å². The molecule has 1 saturated heterocycles. The van der Waals surface area contributed by atoms with Gasteiger partial charge in [-0.2, -0.15) is 5.26 Å². The average Bonchev–Trinajstić information content (AvgIpc) is 2.57. The Kier molecular flexibility index (Phi) is 3.57. The second-order valence-electron chi connectivity index (χ2n) is 5.67. The van der Waals surface area contributed by atoms with Crippen LogP contribution in [0.2, 0.25) is 0 Å². The molecule has 7 heteroatoms. The van der Waals surface area contributed by atoms with Crippen molar-refractivity contribution in [3.05, 3.63) is 23.4 Å². The van der Waals surface area contributed by atoms with Crippen molar-refractivity contribution in [3.8, 4) is 6.07 Å². The van der Waals surface area contributed by atoms with E-state index in [2.05, 4.69) is 4.98 Å². The van der Waals surface area contributed by atoms with Crippen LogP contribution in [-0.2, 0) is 9.31 Å². The van der Waals surface area contributed by atoms with Crippen LogP contribution in [0, 0.1) is 11.3 Å². The largest absolute Gasteiger partial charge is 0.515 e. The standard InChI is InChI=1S/C13H15BF2N2O2/c1-12(2)13(3,4)20-14(19-12)10-9(11(15)16)6-5-8(7-17)18-10/h5-6,11H,1-4H3. The maximum atomic E-state index is 13.1. The zero-order chi connectivity index (χ0) is 15.1. The fourth-order valence-electron chi connectivity index (χ4n) is 1.88. The van der Waals surface area contributed by atoms with E-state index in [-0.39, 0.29) is 16.9 Å². The molecule has 0 N–H and O–H groups in total. The Morgan fingerprint density at radius 2 is 1.75 bits per heavy atom. The molecule has 1 aromatic rings. The van der Waals surface area contributed by atoms with Crippen LogP contribution in [0.15, 0.2) is 12.1 Å². The second-order valence-corrected chi connectivity index (χ2v) is 5.67. The summed E-state index contributed by atoms with van der Waals surface area (Å²) in [6.07, 6.45) is -2.70. The van der Waals surface area contributed by atoms with Crippen LogP contribution in [0.1, 0.15) is 45.4 Å². The molecule has 0 aromatic carbocycles. The quantitative estimate of drug-likeness (QED) is 0.779. The van der Waals surface area contributed by atoms with Gasteiger partial charge in [0.2, 0.25) is 0 Å². The molecule has 0 spiro atoms. The highest BCUT2D eigenvalue weighted by Gasteiger charge is 2.53. The van der Waals surface area contributed by atoms with Crippen molar-refractivity contribution in [2.24, 2.45) is 0 Å². The van der Waals surface area contributed by atoms with Crippen LogP contribution in [-0.4, -0.2) is 23.3 Å². The Labute approximate surface area is 116 Å². The van der Waals surface area contributed by atoms with Crippen LogP contribution >= 0.6 is 0 Å². The lowest BCUT2D eigenvalue weighted by Gasteiger charge is -2.32. The van der Waals surface area contributed by atoms with Gasteiger partial charge < -0.3 is 9.31 Å². The molecule has 106 valence electrons. The third-order valence-corrected chi connectivity index (χ3v) is 3.78. The molecule has 20 heavy (non-hydrogen) atoms. The van der Waals surface area contributed by atoms with E-state index >= 15 is 0 Å². The van der Waals surface area contributed by atoms with Gasteiger partial charge >= 0.3 is 7.12 Å². The first kappa shape index (κ1) is 14.9. The van der Waals surface area contributed by atoms with Gasteiger partial charge in [0.05, 0.1) is 16.8 Å². The van der Waals surface area contributed by atoms with E-state index in [1.807, 2.05) is 33.8 Å². The van der Waals surface area contributed by atoms with Gasteiger partial charge in [0.1, 0.15) is 11.8 Å². The minimum atomic E-state index is -2.70. The summed E-state index contributed by atoms with van der Waals surface area (Å²) >= 11 is 0. The first-order valence-electron chi connectivity index (χ1n) is 6.22. The highest BCUT2D eigenvalue weighted by Crippen LogP contribution is 2.37. The van der Waals surface area contributed by atoms with E-state index in [9.17, 15) is 8.78 Å². The second kappa shape index (κ2) is 4.79. The third-order valence-electron chi connectivity index (χ3n) is 3.78. The van der Waals surface area contributed by atoms with Crippen molar-refractivity contribution in [2.75, 3.05) is 0 Å². The number of hydrogen-bond acceptors (Lipinski definition) is 4. The number of nitriles is 1. The first-order chi connectivity index (χ1) is 9.18. The summed E-state index contributed by atoms with van der Waals surface area (Å²) in [4.78, 5) is 3.93. The summed E-state index contributed by atoms with van der Waals surface area (Å²) in [7, 11) is -1.00. The molecule has 2 heterocycles. The van der Waals surface area contributed by atoms with Gasteiger partial charge in [-0.3, -0.25) is 0 Å². The van der Waals surface area contributed by atoms with E-state index in [1.54, 1.807) is 0 Å². The predicted octanol–water partition coefficient (Wildman–Crippen LogP) is 2.19. The molecule has 4 nitrogen and oxygen atoms in total. The number of pyridine rings is 1. The molecule has 1 aliphatic heterocycles. The zero-order valence-corrected chi connectivity index (χ0v) is 11.8. The summed E-state index contributed by atoms with van der Waals surface area (Å²) in [5, 5.41) is 8.86. The van der Waals surface area contributed by atoms with Crippen LogP contribution in [0.3, 0.4) is 0 Å². The fourth-order valence-corrected chi connectivity index (χ4v) is 1.88. The Hall–Kier alpha value is -1.52. The molecular formula is C13H15BF2N2O2. The summed E-state index contributed by atoms with van der Waals surface area (Å²) in [6, 6.07) is 4.28. The normalized spacial score (nSPS) is 20.2. The number of hydrogen-bond donors (Lipinski definition) is 0. The van der Waals surface area contributed by atoms with E-state index < -0.39 is 24.7 Å². The Balaban J connectivity index is 2.46. The molecule has 1 aromatic heterocycles. The smallest absolute Gasteiger partial charge is 0.398 e. The lowest BCUT2D eigenvalue weighted by molar-refractivity contribution is 0.00578. The van der Waals surface area contributed by atoms with E-state index in [0.29, 0.717) is 0 Å². The Morgan fingerprint density at radius 1 is 1.20 bits per heavy atom. The molecule has 1 fully saturated rings. The van der Waals surface area contributed by atoms with Crippen molar-refractivity contribution in [1.82, 2.24) is 4.98 Å². The van der Waals surface area contributed by atoms with E-state index in [0.717, 1.165) is 0 Å². The first-order valence-corrected chi connectivity index (χ1v) is 6.22. The van der Waals surface area contributed by atoms with Gasteiger partial charge in [0, 0.05) is 5.56 Å². The van der Waals surface area contributed by atoms with Crippen molar-refractivity contribution in [2.45, 2.75) is 45.3 Å². The molecule has 0 aliphatic carbocycles. The van der Waals surface area contributed by atoms with Gasteiger partial charge in [0.15, 0.2) is 0 Å². The summed E-state index contributed by atoms with van der Waals surface area (Å²) in [5.41, 5.74) is -1.55. The Morgan fingerprint density at radius 3 is 2.20 bits per heavy atom. The van der Waals surface area contributed by atoms with Crippen molar-refractivity contribution < 1.29 is 18.1 Å². The maximum Gasteiger partial charge on any atom is 0.515 e. The Bertz CT molecular complexity index is 554. The molecular weight excluding hydrogens is 265 g/mol. The zero-order valence-electron chi connectivity index (χ0n) is 11.8. The number of rotatable bonds is 2. The van der Waals surface area contributed by atoms with Gasteiger partial charge in [-0.05, 0) is 39.8 Å². The third kappa shape index (κ3) is 2.41. The number of halogens is 2. The highest BCUT2D eigenvalue weighted by molar-refractivity contribution is 6.61. The van der Waals surface area contributed by atoms with E-state index in [4.69, 9.17) is 14.6 Å².